The van der Waals surface area contributed by atoms with Crippen LogP contribution in [0.4, 0.5) is 26.7 Å². The van der Waals surface area contributed by atoms with Crippen molar-refractivity contribution in [3.05, 3.63) is 64.1 Å². The number of methoxy groups -OCH3 is 1. The molecule has 2 aromatic heterocycles. The van der Waals surface area contributed by atoms with Gasteiger partial charge in [-0.1, -0.05) is 23.7 Å². The summed E-state index contributed by atoms with van der Waals surface area (Å²) in [4.78, 5) is 42.4. The lowest BCUT2D eigenvalue weighted by Gasteiger charge is -2.30. The molecule has 3 heterocycles. The molecule has 0 saturated carbocycles. The number of alkyl halides is 5. The van der Waals surface area contributed by atoms with Gasteiger partial charge in [-0.3, -0.25) is 14.5 Å². The first-order chi connectivity index (χ1) is 24.1. The van der Waals surface area contributed by atoms with E-state index in [0.29, 0.717) is 0 Å². The van der Waals surface area contributed by atoms with E-state index >= 15 is 8.78 Å². The maximum absolute atomic E-state index is 16.0. The van der Waals surface area contributed by atoms with Gasteiger partial charge in [-0.15, -0.1) is 0 Å². The molecule has 49 heavy (non-hydrogen) atoms. The molecule has 18 heteroatoms. The van der Waals surface area contributed by atoms with Crippen molar-refractivity contribution < 1.29 is 56.0 Å². The van der Waals surface area contributed by atoms with E-state index in [4.69, 9.17) is 31.3 Å². The Labute approximate surface area is 288 Å². The topological polar surface area (TPSA) is 136 Å². The fourth-order valence-electron chi connectivity index (χ4n) is 4.38. The Hall–Kier alpha value is -3.93. The predicted molar refractivity (Wildman–Crippen MR) is 166 cm³/mol. The SMILES string of the molecule is [2H]C([2H])(N[C@H](COC)c1cc2nc([C@H](COC(C)(C)C(F)(F)F)NC(=O)OC(C)(C)C)cn2nc1Cl)C(F)(F)C([2H])([2H])N1C(=O)c2ccccc2C1=O. The number of carbonyl (C=O) groups is 3. The van der Waals surface area contributed by atoms with Crippen molar-refractivity contribution in [1.82, 2.24) is 30.1 Å². The van der Waals surface area contributed by atoms with Gasteiger partial charge in [0.15, 0.2) is 16.4 Å². The zero-order valence-corrected chi connectivity index (χ0v) is 27.8. The Morgan fingerprint density at radius 3 is 2.18 bits per heavy atom. The molecule has 0 fully saturated rings. The van der Waals surface area contributed by atoms with Gasteiger partial charge in [-0.05, 0) is 52.8 Å². The van der Waals surface area contributed by atoms with Gasteiger partial charge in [0.05, 0.1) is 64.1 Å². The normalized spacial score (nSPS) is 17.3. The summed E-state index contributed by atoms with van der Waals surface area (Å²) >= 11 is 6.40. The minimum absolute atomic E-state index is 0.0956. The summed E-state index contributed by atoms with van der Waals surface area (Å²) in [5, 5.41) is 8.04. The van der Waals surface area contributed by atoms with Crippen LogP contribution in [0.5, 0.6) is 0 Å². The molecular weight excluding hydrogens is 683 g/mol. The molecule has 268 valence electrons. The summed E-state index contributed by atoms with van der Waals surface area (Å²) < 4.78 is 122. The van der Waals surface area contributed by atoms with Gasteiger partial charge in [0.25, 0.3) is 17.7 Å². The largest absolute Gasteiger partial charge is 0.444 e. The van der Waals surface area contributed by atoms with Gasteiger partial charge < -0.3 is 24.8 Å². The van der Waals surface area contributed by atoms with Gasteiger partial charge in [0.2, 0.25) is 0 Å². The number of carbonyl (C=O) groups excluding carboxylic acids is 3. The average molecular weight is 723 g/mol. The van der Waals surface area contributed by atoms with Crippen LogP contribution in [-0.2, 0) is 14.2 Å². The number of imidazole rings is 1. The Bertz CT molecular complexity index is 1860. The molecule has 2 atom stereocenters. The molecule has 0 spiro atoms. The van der Waals surface area contributed by atoms with E-state index in [1.807, 2.05) is 5.32 Å². The summed E-state index contributed by atoms with van der Waals surface area (Å²) in [6, 6.07) is 3.15. The summed E-state index contributed by atoms with van der Waals surface area (Å²) in [6.45, 7) is -3.31. The molecular formula is C31H36ClF5N6O6. The molecule has 0 radical (unpaired) electrons. The highest BCUT2D eigenvalue weighted by molar-refractivity contribution is 6.30. The number of nitrogens with zero attached hydrogens (tertiary/aromatic N) is 4. The number of rotatable bonds is 13. The molecule has 0 unspecified atom stereocenters. The lowest BCUT2D eigenvalue weighted by atomic mass is 10.1. The van der Waals surface area contributed by atoms with Crippen LogP contribution in [0.1, 0.15) is 84.2 Å². The second kappa shape index (κ2) is 14.1. The number of aromatic nitrogens is 3. The first kappa shape index (κ1) is 32.3. The molecule has 1 aliphatic heterocycles. The third kappa shape index (κ3) is 9.00. The van der Waals surface area contributed by atoms with E-state index < -0.39 is 84.7 Å². The molecule has 0 saturated heterocycles. The van der Waals surface area contributed by atoms with Crippen LogP contribution in [0.3, 0.4) is 0 Å². The molecule has 12 nitrogen and oxygen atoms in total. The number of fused-ring (bicyclic) bond motifs is 2. The maximum Gasteiger partial charge on any atom is 0.416 e. The van der Waals surface area contributed by atoms with Crippen LogP contribution in [0, 0.1) is 0 Å². The van der Waals surface area contributed by atoms with Gasteiger partial charge in [-0.25, -0.2) is 23.1 Å². The molecule has 0 bridgehead atoms. The highest BCUT2D eigenvalue weighted by Crippen LogP contribution is 2.34. The number of amides is 3. The summed E-state index contributed by atoms with van der Waals surface area (Å²) in [7, 11) is 1.14. The van der Waals surface area contributed by atoms with Crippen molar-refractivity contribution in [3.63, 3.8) is 0 Å². The number of ether oxygens (including phenoxy) is 3. The maximum atomic E-state index is 16.0. The molecule has 1 aromatic carbocycles. The quantitative estimate of drug-likeness (QED) is 0.173. The van der Waals surface area contributed by atoms with E-state index in [1.54, 1.807) is 20.8 Å². The zero-order valence-electron chi connectivity index (χ0n) is 31.0. The average Bonchev–Trinajstić information content (AvgIpc) is 3.54. The van der Waals surface area contributed by atoms with Crippen LogP contribution in [0.2, 0.25) is 5.15 Å². The summed E-state index contributed by atoms with van der Waals surface area (Å²) in [5.41, 5.74) is -4.73. The van der Waals surface area contributed by atoms with Crippen LogP contribution in [-0.4, -0.2) is 94.0 Å². The number of hydrogen-bond donors (Lipinski definition) is 2. The number of benzene rings is 1. The van der Waals surface area contributed by atoms with E-state index in [-0.39, 0.29) is 32.9 Å². The monoisotopic (exact) mass is 722 g/mol. The first-order valence-electron chi connectivity index (χ1n) is 16.5. The number of hydrogen-bond acceptors (Lipinski definition) is 9. The number of halogens is 6. The minimum Gasteiger partial charge on any atom is -0.444 e. The fourth-order valence-corrected chi connectivity index (χ4v) is 4.65. The Kier molecular flexibility index (Phi) is 9.31. The first-order valence-corrected chi connectivity index (χ1v) is 14.9. The van der Waals surface area contributed by atoms with Crippen molar-refractivity contribution in [2.75, 3.05) is 33.3 Å². The van der Waals surface area contributed by atoms with Crippen molar-refractivity contribution in [1.29, 1.82) is 0 Å². The lowest BCUT2D eigenvalue weighted by Crippen LogP contribution is -2.46. The predicted octanol–water partition coefficient (Wildman–Crippen LogP) is 5.51. The summed E-state index contributed by atoms with van der Waals surface area (Å²) in [6.07, 6.45) is -4.62. The summed E-state index contributed by atoms with van der Waals surface area (Å²) in [5.74, 6) is -7.90. The lowest BCUT2D eigenvalue weighted by molar-refractivity contribution is -0.265. The fraction of sp³-hybridized carbons (Fsp3) is 0.516. The van der Waals surface area contributed by atoms with Crippen molar-refractivity contribution in [3.8, 4) is 0 Å². The Balaban J connectivity index is 1.68. The van der Waals surface area contributed by atoms with Gasteiger partial charge in [0.1, 0.15) is 5.60 Å². The van der Waals surface area contributed by atoms with Crippen molar-refractivity contribution in [2.24, 2.45) is 0 Å². The van der Waals surface area contributed by atoms with E-state index in [0.717, 1.165) is 43.7 Å². The van der Waals surface area contributed by atoms with Gasteiger partial charge in [-0.2, -0.15) is 18.3 Å². The molecule has 3 amide bonds. The highest BCUT2D eigenvalue weighted by atomic mass is 35.5. The van der Waals surface area contributed by atoms with Crippen LogP contribution >= 0.6 is 11.6 Å². The Morgan fingerprint density at radius 2 is 1.63 bits per heavy atom. The molecule has 1 aliphatic rings. The van der Waals surface area contributed by atoms with Gasteiger partial charge in [0, 0.05) is 15.4 Å². The van der Waals surface area contributed by atoms with E-state index in [9.17, 15) is 27.6 Å². The second-order valence-corrected chi connectivity index (χ2v) is 12.7. The van der Waals surface area contributed by atoms with Crippen LogP contribution in [0.25, 0.3) is 5.65 Å². The molecule has 0 aliphatic carbocycles. The molecule has 2 N–H and O–H groups in total. The van der Waals surface area contributed by atoms with Crippen LogP contribution < -0.4 is 10.6 Å². The third-order valence-electron chi connectivity index (χ3n) is 6.95. The van der Waals surface area contributed by atoms with Gasteiger partial charge >= 0.3 is 12.3 Å². The molecule has 4 rings (SSSR count). The van der Waals surface area contributed by atoms with E-state index in [2.05, 4.69) is 15.4 Å². The number of nitrogens with one attached hydrogen (secondary N) is 2. The second-order valence-electron chi connectivity index (χ2n) is 12.3. The third-order valence-corrected chi connectivity index (χ3v) is 7.25. The standard InChI is InChI=1S/C31H36ClF5N6O6/c1-28(2,3)49-27(46)40-22(14-48-29(4,5)31(35,36)37)20-12-43-23(39-20)11-19(24(32)41-43)21(13-47-6)38-15-30(33,34)16-42-25(44)17-9-7-8-10-18(17)26(42)45/h7-12,21-22,38H,13-16H2,1-6H3,(H,40,46)/t21-,22+/m1/s1/i15D2,16D2. The van der Waals surface area contributed by atoms with Crippen molar-refractivity contribution in [2.45, 2.75) is 70.0 Å². The highest BCUT2D eigenvalue weighted by Gasteiger charge is 2.49. The molecule has 3 aromatic rings. The Morgan fingerprint density at radius 1 is 1.02 bits per heavy atom. The van der Waals surface area contributed by atoms with E-state index in [1.165, 1.54) is 18.3 Å². The smallest absolute Gasteiger partial charge is 0.416 e. The number of alkyl carbamates (subject to hydrolysis) is 1. The minimum atomic E-state index is -5.12. The van der Waals surface area contributed by atoms with Crippen LogP contribution in [0.15, 0.2) is 36.5 Å². The number of imide groups is 1. The zero-order chi connectivity index (χ0) is 40.1. The van der Waals surface area contributed by atoms with Crippen molar-refractivity contribution >= 4 is 35.2 Å².